The van der Waals surface area contributed by atoms with Gasteiger partial charge in [0.25, 0.3) is 0 Å². The number of nitrogens with two attached hydrogens (primary N) is 1. The van der Waals surface area contributed by atoms with Gasteiger partial charge in [0.2, 0.25) is 0 Å². The van der Waals surface area contributed by atoms with Gasteiger partial charge in [-0.3, -0.25) is 4.68 Å². The largest absolute Gasteiger partial charge is 0.355 e. The van der Waals surface area contributed by atoms with Crippen molar-refractivity contribution in [3.8, 4) is 11.3 Å². The normalized spacial score (nSPS) is 20.1. The van der Waals surface area contributed by atoms with Gasteiger partial charge in [-0.2, -0.15) is 10.2 Å². The van der Waals surface area contributed by atoms with Gasteiger partial charge >= 0.3 is 0 Å². The summed E-state index contributed by atoms with van der Waals surface area (Å²) in [7, 11) is 1.96. The van der Waals surface area contributed by atoms with E-state index >= 15 is 0 Å². The van der Waals surface area contributed by atoms with E-state index in [1.54, 1.807) is 11.3 Å². The molecule has 1 fully saturated rings. The average molecular weight is 435 g/mol. The van der Waals surface area contributed by atoms with E-state index in [4.69, 9.17) is 10.7 Å². The van der Waals surface area contributed by atoms with Gasteiger partial charge in [0, 0.05) is 36.3 Å². The second-order valence-corrected chi connectivity index (χ2v) is 9.87. The smallest absolute Gasteiger partial charge is 0.155 e. The molecule has 1 aliphatic carbocycles. The molecule has 2 aliphatic rings. The molecule has 31 heavy (non-hydrogen) atoms. The van der Waals surface area contributed by atoms with Crippen molar-refractivity contribution in [1.82, 2.24) is 29.4 Å². The molecule has 1 atom stereocenters. The third-order valence-corrected chi connectivity index (χ3v) is 8.24. The quantitative estimate of drug-likeness (QED) is 0.522. The molecular weight excluding hydrogens is 408 g/mol. The van der Waals surface area contributed by atoms with Crippen LogP contribution in [0.1, 0.15) is 40.8 Å². The lowest BCUT2D eigenvalue weighted by molar-refractivity contribution is 0.186. The fourth-order valence-electron chi connectivity index (χ4n) is 5.38. The number of thiazole rings is 1. The molecule has 1 aliphatic heterocycles. The maximum absolute atomic E-state index is 6.67. The van der Waals surface area contributed by atoms with Gasteiger partial charge in [-0.1, -0.05) is 0 Å². The minimum atomic E-state index is 0.0523. The van der Waals surface area contributed by atoms with E-state index < -0.39 is 0 Å². The van der Waals surface area contributed by atoms with Crippen molar-refractivity contribution in [3.63, 3.8) is 0 Å². The highest BCUT2D eigenvalue weighted by molar-refractivity contribution is 7.09. The maximum atomic E-state index is 6.67. The second-order valence-electron chi connectivity index (χ2n) is 8.93. The standard InChI is InChI=1S/C22H26N8S/c1-13-19(15-11-26-28(3)14(15)2)30-16(4-7-25-30)21(27-13)29-8-5-22(6-9-29)10-17-18(20(22)23)24-12-31-17/h4,7,11-12,20H,5-6,8-10,23H2,1-3H3/t20-/m1/s1. The number of rotatable bonds is 2. The van der Waals surface area contributed by atoms with Gasteiger partial charge < -0.3 is 10.6 Å². The minimum Gasteiger partial charge on any atom is -0.355 e. The summed E-state index contributed by atoms with van der Waals surface area (Å²) < 4.78 is 3.91. The summed E-state index contributed by atoms with van der Waals surface area (Å²) in [6.45, 7) is 6.03. The van der Waals surface area contributed by atoms with Gasteiger partial charge in [0.05, 0.1) is 41.0 Å². The molecule has 4 aromatic rings. The Morgan fingerprint density at radius 1 is 1.19 bits per heavy atom. The van der Waals surface area contributed by atoms with Gasteiger partial charge in [-0.25, -0.2) is 14.5 Å². The summed E-state index contributed by atoms with van der Waals surface area (Å²) in [4.78, 5) is 13.4. The third kappa shape index (κ3) is 2.62. The molecule has 1 saturated heterocycles. The summed E-state index contributed by atoms with van der Waals surface area (Å²) in [5.74, 6) is 1.01. The van der Waals surface area contributed by atoms with Crippen LogP contribution in [0.3, 0.4) is 0 Å². The van der Waals surface area contributed by atoms with E-state index in [0.29, 0.717) is 0 Å². The topological polar surface area (TPSA) is 90.2 Å². The molecule has 0 saturated carbocycles. The number of aromatic nitrogens is 6. The van der Waals surface area contributed by atoms with Crippen LogP contribution < -0.4 is 10.6 Å². The number of piperidine rings is 1. The van der Waals surface area contributed by atoms with Crippen LogP contribution in [0.5, 0.6) is 0 Å². The van der Waals surface area contributed by atoms with Crippen LogP contribution in [0.25, 0.3) is 16.8 Å². The first kappa shape index (κ1) is 18.9. The van der Waals surface area contributed by atoms with Crippen LogP contribution in [0, 0.1) is 19.3 Å². The Bertz CT molecular complexity index is 1290. The number of hydrogen-bond donors (Lipinski definition) is 1. The van der Waals surface area contributed by atoms with Gasteiger partial charge in [0.1, 0.15) is 5.52 Å². The van der Waals surface area contributed by atoms with Crippen LogP contribution in [0.15, 0.2) is 24.0 Å². The van der Waals surface area contributed by atoms with Crippen molar-refractivity contribution in [2.45, 2.75) is 39.2 Å². The summed E-state index contributed by atoms with van der Waals surface area (Å²) in [5, 5.41) is 9.07. The van der Waals surface area contributed by atoms with Crippen molar-refractivity contribution < 1.29 is 0 Å². The molecule has 160 valence electrons. The molecule has 0 unspecified atom stereocenters. The van der Waals surface area contributed by atoms with Crippen LogP contribution in [0.2, 0.25) is 0 Å². The van der Waals surface area contributed by atoms with Gasteiger partial charge in [0.15, 0.2) is 5.82 Å². The Kier molecular flexibility index (Phi) is 4.04. The number of nitrogens with zero attached hydrogens (tertiary/aromatic N) is 7. The monoisotopic (exact) mass is 434 g/mol. The highest BCUT2D eigenvalue weighted by atomic mass is 32.1. The molecule has 0 radical (unpaired) electrons. The predicted octanol–water partition coefficient (Wildman–Crippen LogP) is 3.05. The lowest BCUT2D eigenvalue weighted by atomic mass is 9.73. The van der Waals surface area contributed by atoms with Crippen LogP contribution in [0.4, 0.5) is 5.82 Å². The summed E-state index contributed by atoms with van der Waals surface area (Å²) in [6.07, 6.45) is 6.94. The van der Waals surface area contributed by atoms with E-state index in [9.17, 15) is 0 Å². The Balaban J connectivity index is 1.34. The van der Waals surface area contributed by atoms with Crippen LogP contribution in [-0.2, 0) is 13.5 Å². The lowest BCUT2D eigenvalue weighted by Crippen LogP contribution is -2.45. The second kappa shape index (κ2) is 6.61. The van der Waals surface area contributed by atoms with E-state index in [-0.39, 0.29) is 11.5 Å². The van der Waals surface area contributed by atoms with E-state index in [2.05, 4.69) is 40.0 Å². The van der Waals surface area contributed by atoms with E-state index in [0.717, 1.165) is 72.0 Å². The molecule has 9 heteroatoms. The highest BCUT2D eigenvalue weighted by Crippen LogP contribution is 2.51. The summed E-state index contributed by atoms with van der Waals surface area (Å²) in [5.41, 5.74) is 15.1. The van der Waals surface area contributed by atoms with Crippen LogP contribution >= 0.6 is 11.3 Å². The first-order valence-corrected chi connectivity index (χ1v) is 11.6. The fourth-order valence-corrected chi connectivity index (χ4v) is 6.35. The molecule has 2 N–H and O–H groups in total. The zero-order valence-corrected chi connectivity index (χ0v) is 18.9. The molecule has 8 nitrogen and oxygen atoms in total. The Morgan fingerprint density at radius 2 is 2.00 bits per heavy atom. The zero-order valence-electron chi connectivity index (χ0n) is 18.0. The van der Waals surface area contributed by atoms with Crippen molar-refractivity contribution >= 4 is 22.7 Å². The van der Waals surface area contributed by atoms with E-state index in [1.807, 2.05) is 34.1 Å². The first-order chi connectivity index (χ1) is 15.0. The molecule has 1 spiro atoms. The van der Waals surface area contributed by atoms with Crippen molar-refractivity contribution in [3.05, 3.63) is 45.9 Å². The van der Waals surface area contributed by atoms with Crippen molar-refractivity contribution in [1.29, 1.82) is 0 Å². The van der Waals surface area contributed by atoms with Crippen molar-refractivity contribution in [2.24, 2.45) is 18.2 Å². The molecule has 0 aromatic carbocycles. The summed E-state index contributed by atoms with van der Waals surface area (Å²) >= 11 is 1.75. The molecule has 6 rings (SSSR count). The number of aryl methyl sites for hydroxylation is 2. The van der Waals surface area contributed by atoms with Crippen molar-refractivity contribution in [2.75, 3.05) is 18.0 Å². The van der Waals surface area contributed by atoms with Crippen LogP contribution in [-0.4, -0.2) is 42.5 Å². The van der Waals surface area contributed by atoms with Gasteiger partial charge in [-0.05, 0) is 44.6 Å². The Labute approximate surface area is 184 Å². The molecular formula is C22H26N8S. The molecule has 5 heterocycles. The zero-order chi connectivity index (χ0) is 21.3. The number of anilines is 1. The fraction of sp³-hybridized carbons (Fsp3) is 0.455. The molecule has 0 amide bonds. The lowest BCUT2D eigenvalue weighted by Gasteiger charge is -2.42. The molecule has 0 bridgehead atoms. The maximum Gasteiger partial charge on any atom is 0.155 e. The Hall–Kier alpha value is -2.78. The SMILES string of the molecule is Cc1nc(N2CCC3(CC2)Cc2scnc2[C@H]3N)c2ccnn2c1-c1cnn(C)c1C. The number of fused-ring (bicyclic) bond motifs is 2. The van der Waals surface area contributed by atoms with Gasteiger partial charge in [-0.15, -0.1) is 11.3 Å². The number of hydrogen-bond acceptors (Lipinski definition) is 7. The third-order valence-electron chi connectivity index (χ3n) is 7.39. The Morgan fingerprint density at radius 3 is 2.71 bits per heavy atom. The average Bonchev–Trinajstić information content (AvgIpc) is 3.53. The molecule has 4 aromatic heterocycles. The minimum absolute atomic E-state index is 0.0523. The highest BCUT2D eigenvalue weighted by Gasteiger charge is 2.47. The van der Waals surface area contributed by atoms with E-state index in [1.165, 1.54) is 4.88 Å². The predicted molar refractivity (Wildman–Crippen MR) is 121 cm³/mol. The first-order valence-electron chi connectivity index (χ1n) is 10.7. The summed E-state index contributed by atoms with van der Waals surface area (Å²) in [6, 6.07) is 2.11.